The van der Waals surface area contributed by atoms with Crippen LogP contribution >= 0.6 is 0 Å². The topological polar surface area (TPSA) is 144 Å². The van der Waals surface area contributed by atoms with Crippen molar-refractivity contribution in [3.63, 3.8) is 0 Å². The molecule has 0 aliphatic rings. The van der Waals surface area contributed by atoms with Crippen LogP contribution in [0.25, 0.3) is 0 Å². The number of H-pyrrole nitrogens is 1. The number of rotatable bonds is 8. The number of aromatic nitrogens is 3. The molecule has 0 aromatic carbocycles. The van der Waals surface area contributed by atoms with E-state index in [4.69, 9.17) is 11.0 Å². The molecule has 132 valence electrons. The quantitative estimate of drug-likeness (QED) is 0.423. The summed E-state index contributed by atoms with van der Waals surface area (Å²) in [5.74, 6) is 0.297. The molecule has 8 heteroatoms. The highest BCUT2D eigenvalue weighted by atomic mass is 16.3. The van der Waals surface area contributed by atoms with Crippen LogP contribution in [0.3, 0.4) is 0 Å². The number of aliphatic hydroxyl groups is 1. The molecule has 0 aliphatic carbocycles. The lowest BCUT2D eigenvalue weighted by atomic mass is 10.1. The summed E-state index contributed by atoms with van der Waals surface area (Å²) < 4.78 is 0. The second kappa shape index (κ2) is 8.80. The molecule has 0 amide bonds. The smallest absolute Gasteiger partial charge is 0.163 e. The van der Waals surface area contributed by atoms with E-state index in [9.17, 15) is 10.2 Å². The predicted octanol–water partition coefficient (Wildman–Crippen LogP) is 1.60. The minimum absolute atomic E-state index is 0.0520. The van der Waals surface area contributed by atoms with E-state index >= 15 is 0 Å². The summed E-state index contributed by atoms with van der Waals surface area (Å²) in [5, 5.41) is 35.0. The van der Waals surface area contributed by atoms with Crippen LogP contribution in [0.1, 0.15) is 47.3 Å². The number of hydrogen-bond donors (Lipinski definition) is 4. The minimum Gasteiger partial charge on any atom is -0.505 e. The third-order valence-electron chi connectivity index (χ3n) is 3.94. The first-order valence-corrected chi connectivity index (χ1v) is 8.09. The largest absolute Gasteiger partial charge is 0.505 e. The summed E-state index contributed by atoms with van der Waals surface area (Å²) in [4.78, 5) is 8.33. The van der Waals surface area contributed by atoms with Crippen LogP contribution in [0.2, 0.25) is 0 Å². The maximum Gasteiger partial charge on any atom is 0.163 e. The molecule has 2 heterocycles. The van der Waals surface area contributed by atoms with Crippen LogP contribution < -0.4 is 5.73 Å². The SMILES string of the molecule is Cc1ncc(CO)c(C=NCCCCCc2[nH]nc(N)c2C#N)c1O. The molecule has 0 radical (unpaired) electrons. The highest BCUT2D eigenvalue weighted by Gasteiger charge is 2.10. The van der Waals surface area contributed by atoms with Gasteiger partial charge in [-0.3, -0.25) is 15.1 Å². The van der Waals surface area contributed by atoms with Crippen LogP contribution in [-0.4, -0.2) is 38.2 Å². The number of nitrogens with two attached hydrogens (primary N) is 1. The normalized spacial score (nSPS) is 11.1. The van der Waals surface area contributed by atoms with E-state index in [1.165, 1.54) is 0 Å². The molecule has 2 rings (SSSR count). The van der Waals surface area contributed by atoms with Gasteiger partial charge in [0.05, 0.1) is 18.0 Å². The number of aromatic amines is 1. The third kappa shape index (κ3) is 4.55. The second-order valence-electron chi connectivity index (χ2n) is 5.71. The lowest BCUT2D eigenvalue weighted by Gasteiger charge is -2.07. The van der Waals surface area contributed by atoms with Gasteiger partial charge < -0.3 is 15.9 Å². The number of pyridine rings is 1. The first-order chi connectivity index (χ1) is 12.1. The van der Waals surface area contributed by atoms with E-state index in [2.05, 4.69) is 26.2 Å². The van der Waals surface area contributed by atoms with Gasteiger partial charge in [0.2, 0.25) is 0 Å². The fraction of sp³-hybridized carbons (Fsp3) is 0.412. The monoisotopic (exact) mass is 342 g/mol. The van der Waals surface area contributed by atoms with Gasteiger partial charge in [0, 0.05) is 30.1 Å². The van der Waals surface area contributed by atoms with E-state index in [0.29, 0.717) is 28.9 Å². The summed E-state index contributed by atoms with van der Waals surface area (Å²) in [6.07, 6.45) is 6.55. The molecule has 2 aromatic heterocycles. The number of nitrogens with zero attached hydrogens (tertiary/aromatic N) is 4. The zero-order chi connectivity index (χ0) is 18.2. The number of aromatic hydroxyl groups is 1. The maximum absolute atomic E-state index is 10.0. The molecule has 8 nitrogen and oxygen atoms in total. The third-order valence-corrected chi connectivity index (χ3v) is 3.94. The Bertz CT molecular complexity index is 791. The summed E-state index contributed by atoms with van der Waals surface area (Å²) >= 11 is 0. The molecule has 2 aromatic rings. The van der Waals surface area contributed by atoms with Gasteiger partial charge in [-0.05, 0) is 26.2 Å². The number of aryl methyl sites for hydroxylation is 2. The zero-order valence-electron chi connectivity index (χ0n) is 14.2. The van der Waals surface area contributed by atoms with Gasteiger partial charge in [-0.15, -0.1) is 0 Å². The maximum atomic E-state index is 10.0. The molecule has 0 bridgehead atoms. The van der Waals surface area contributed by atoms with Crippen molar-refractivity contribution >= 4 is 12.0 Å². The number of nitrogens with one attached hydrogen (secondary N) is 1. The van der Waals surface area contributed by atoms with Crippen LogP contribution in [0.15, 0.2) is 11.2 Å². The molecule has 0 fully saturated rings. The van der Waals surface area contributed by atoms with Crippen LogP contribution in [0.4, 0.5) is 5.82 Å². The van der Waals surface area contributed by atoms with Crippen molar-refractivity contribution in [2.24, 2.45) is 4.99 Å². The molecule has 0 atom stereocenters. The summed E-state index contributed by atoms with van der Waals surface area (Å²) in [7, 11) is 0. The van der Waals surface area contributed by atoms with Crippen LogP contribution in [0, 0.1) is 18.3 Å². The van der Waals surface area contributed by atoms with E-state index in [1.54, 1.807) is 19.3 Å². The Hall–Kier alpha value is -2.92. The minimum atomic E-state index is -0.198. The van der Waals surface area contributed by atoms with Crippen molar-refractivity contribution in [3.05, 3.63) is 34.3 Å². The van der Waals surface area contributed by atoms with Crippen molar-refractivity contribution < 1.29 is 10.2 Å². The zero-order valence-corrected chi connectivity index (χ0v) is 14.2. The first-order valence-electron chi connectivity index (χ1n) is 8.09. The number of nitriles is 1. The fourth-order valence-corrected chi connectivity index (χ4v) is 2.46. The van der Waals surface area contributed by atoms with E-state index in [0.717, 1.165) is 31.4 Å². The Morgan fingerprint density at radius 2 is 2.20 bits per heavy atom. The summed E-state index contributed by atoms with van der Waals surface area (Å²) in [6.45, 7) is 2.12. The molecular weight excluding hydrogens is 320 g/mol. The highest BCUT2D eigenvalue weighted by Crippen LogP contribution is 2.22. The van der Waals surface area contributed by atoms with Crippen molar-refractivity contribution in [2.75, 3.05) is 12.3 Å². The lowest BCUT2D eigenvalue weighted by Crippen LogP contribution is -1.98. The number of aliphatic imine (C=N–C) groups is 1. The summed E-state index contributed by atoms with van der Waals surface area (Å²) in [5.41, 5.74) is 8.37. The predicted molar refractivity (Wildman–Crippen MR) is 94.3 cm³/mol. The van der Waals surface area contributed by atoms with Crippen molar-refractivity contribution in [1.29, 1.82) is 5.26 Å². The lowest BCUT2D eigenvalue weighted by molar-refractivity contribution is 0.280. The van der Waals surface area contributed by atoms with Gasteiger partial charge in [-0.1, -0.05) is 6.42 Å². The van der Waals surface area contributed by atoms with E-state index < -0.39 is 0 Å². The number of unbranched alkanes of at least 4 members (excludes halogenated alkanes) is 2. The van der Waals surface area contributed by atoms with Crippen molar-refractivity contribution in [2.45, 2.75) is 39.2 Å². The number of hydrogen-bond acceptors (Lipinski definition) is 7. The van der Waals surface area contributed by atoms with Crippen molar-refractivity contribution in [1.82, 2.24) is 15.2 Å². The van der Waals surface area contributed by atoms with Gasteiger partial charge in [0.1, 0.15) is 17.4 Å². The van der Waals surface area contributed by atoms with Gasteiger partial charge in [-0.25, -0.2) is 0 Å². The van der Waals surface area contributed by atoms with Crippen LogP contribution in [-0.2, 0) is 13.0 Å². The Kier molecular flexibility index (Phi) is 6.48. The van der Waals surface area contributed by atoms with Crippen LogP contribution in [0.5, 0.6) is 5.75 Å². The molecule has 0 saturated carbocycles. The van der Waals surface area contributed by atoms with E-state index in [1.807, 2.05) is 0 Å². The van der Waals surface area contributed by atoms with Gasteiger partial charge in [0.15, 0.2) is 5.82 Å². The van der Waals surface area contributed by atoms with E-state index in [-0.39, 0.29) is 18.2 Å². The average molecular weight is 342 g/mol. The number of nitrogen functional groups attached to an aromatic ring is 1. The standard InChI is InChI=1S/C17H22N6O2/c1-11-16(25)14(12(10-24)8-21-11)9-20-6-4-2-3-5-15-13(7-18)17(19)23-22-15/h8-9,24-25H,2-6,10H2,1H3,(H3,19,22,23). The Morgan fingerprint density at radius 3 is 2.92 bits per heavy atom. The Labute approximate surface area is 146 Å². The molecule has 0 saturated heterocycles. The molecule has 25 heavy (non-hydrogen) atoms. The molecule has 0 unspecified atom stereocenters. The Balaban J connectivity index is 1.79. The fourth-order valence-electron chi connectivity index (χ4n) is 2.46. The first kappa shape index (κ1) is 18.4. The molecule has 0 spiro atoms. The second-order valence-corrected chi connectivity index (χ2v) is 5.71. The Morgan fingerprint density at radius 1 is 1.40 bits per heavy atom. The molecule has 0 aliphatic heterocycles. The highest BCUT2D eigenvalue weighted by molar-refractivity contribution is 5.85. The van der Waals surface area contributed by atoms with Gasteiger partial charge in [0.25, 0.3) is 0 Å². The number of aliphatic hydroxyl groups excluding tert-OH is 1. The average Bonchev–Trinajstić information content (AvgIpc) is 2.97. The molecular formula is C17H22N6O2. The van der Waals surface area contributed by atoms with Gasteiger partial charge in [-0.2, -0.15) is 10.4 Å². The molecule has 5 N–H and O–H groups in total. The summed E-state index contributed by atoms with van der Waals surface area (Å²) in [6, 6.07) is 2.05. The van der Waals surface area contributed by atoms with Crippen molar-refractivity contribution in [3.8, 4) is 11.8 Å². The number of anilines is 1. The van der Waals surface area contributed by atoms with Gasteiger partial charge >= 0.3 is 0 Å².